The Balaban J connectivity index is 1.64. The second-order valence-corrected chi connectivity index (χ2v) is 7.66. The normalized spacial score (nSPS) is 35.8. The molecule has 1 N–H and O–H groups in total. The lowest BCUT2D eigenvalue weighted by atomic mass is 9.70. The number of likely N-dealkylation sites (tertiary alicyclic amines) is 1. The predicted molar refractivity (Wildman–Crippen MR) is 82.9 cm³/mol. The van der Waals surface area contributed by atoms with E-state index in [2.05, 4.69) is 48.3 Å². The number of rotatable bonds is 1. The molecule has 0 saturated carbocycles. The van der Waals surface area contributed by atoms with Crippen molar-refractivity contribution in [2.45, 2.75) is 38.1 Å². The molecular formula is C18H26N2. The zero-order valence-corrected chi connectivity index (χ0v) is 12.7. The summed E-state index contributed by atoms with van der Waals surface area (Å²) in [5.74, 6) is 1.80. The Morgan fingerprint density at radius 2 is 1.80 bits per heavy atom. The summed E-state index contributed by atoms with van der Waals surface area (Å²) < 4.78 is 0. The highest BCUT2D eigenvalue weighted by atomic mass is 15.2. The number of fused-ring (bicyclic) bond motifs is 2. The van der Waals surface area contributed by atoms with Crippen molar-refractivity contribution < 1.29 is 0 Å². The lowest BCUT2D eigenvalue weighted by Crippen LogP contribution is -2.36. The largest absolute Gasteiger partial charge is 0.316 e. The van der Waals surface area contributed by atoms with E-state index in [0.29, 0.717) is 11.5 Å². The predicted octanol–water partition coefficient (Wildman–Crippen LogP) is 2.95. The maximum Gasteiger partial charge on any atom is 0.0351 e. The molecule has 2 aliphatic heterocycles. The first-order valence-electron chi connectivity index (χ1n) is 8.19. The first-order chi connectivity index (χ1) is 9.65. The van der Waals surface area contributed by atoms with Crippen molar-refractivity contribution >= 4 is 0 Å². The molecule has 2 heterocycles. The van der Waals surface area contributed by atoms with E-state index in [-0.39, 0.29) is 0 Å². The summed E-state index contributed by atoms with van der Waals surface area (Å²) in [6.07, 6.45) is 2.65. The first-order valence-corrected chi connectivity index (χ1v) is 8.19. The van der Waals surface area contributed by atoms with Crippen LogP contribution in [-0.2, 0) is 5.41 Å². The smallest absolute Gasteiger partial charge is 0.0351 e. The Labute approximate surface area is 122 Å². The van der Waals surface area contributed by atoms with Crippen LogP contribution in [0.15, 0.2) is 24.3 Å². The van der Waals surface area contributed by atoms with E-state index in [1.807, 2.05) is 0 Å². The number of hydrogen-bond acceptors (Lipinski definition) is 2. The first kappa shape index (κ1) is 12.8. The molecule has 0 spiro atoms. The monoisotopic (exact) mass is 270 g/mol. The molecular weight excluding hydrogens is 244 g/mol. The third-order valence-corrected chi connectivity index (χ3v) is 5.95. The van der Waals surface area contributed by atoms with Crippen LogP contribution in [0, 0.1) is 11.8 Å². The van der Waals surface area contributed by atoms with E-state index in [4.69, 9.17) is 0 Å². The summed E-state index contributed by atoms with van der Waals surface area (Å²) >= 11 is 0. The molecule has 20 heavy (non-hydrogen) atoms. The molecule has 2 nitrogen and oxygen atoms in total. The van der Waals surface area contributed by atoms with Crippen LogP contribution in [-0.4, -0.2) is 31.1 Å². The molecule has 4 rings (SSSR count). The summed E-state index contributed by atoms with van der Waals surface area (Å²) in [5.41, 5.74) is 3.55. The Hall–Kier alpha value is -0.860. The van der Waals surface area contributed by atoms with E-state index >= 15 is 0 Å². The standard InChI is InChI=1S/C18H26N2/c1-18(2)8-7-17(15-5-3-4-6-16(15)18)20-11-13-9-19-10-14(13)12-20/h3-6,13-14,17,19H,7-12H2,1-2H3/t13-,14+,17?. The van der Waals surface area contributed by atoms with E-state index in [1.165, 1.54) is 39.0 Å². The fourth-order valence-corrected chi connectivity index (χ4v) is 4.72. The van der Waals surface area contributed by atoms with Gasteiger partial charge in [0.1, 0.15) is 0 Å². The van der Waals surface area contributed by atoms with Gasteiger partial charge in [0.2, 0.25) is 0 Å². The molecule has 3 atom stereocenters. The van der Waals surface area contributed by atoms with Gasteiger partial charge in [-0.05, 0) is 54.3 Å². The zero-order chi connectivity index (χ0) is 13.7. The topological polar surface area (TPSA) is 15.3 Å². The Morgan fingerprint density at radius 1 is 1.10 bits per heavy atom. The molecule has 0 amide bonds. The maximum atomic E-state index is 3.55. The lowest BCUT2D eigenvalue weighted by molar-refractivity contribution is 0.188. The molecule has 2 saturated heterocycles. The SMILES string of the molecule is CC1(C)CCC(N2C[C@H]3CNC[C@H]3C2)c2ccccc21. The molecule has 2 fully saturated rings. The molecule has 2 heteroatoms. The van der Waals surface area contributed by atoms with Crippen molar-refractivity contribution in [2.75, 3.05) is 26.2 Å². The van der Waals surface area contributed by atoms with Crippen LogP contribution in [0.5, 0.6) is 0 Å². The highest BCUT2D eigenvalue weighted by molar-refractivity contribution is 5.38. The number of benzene rings is 1. The van der Waals surface area contributed by atoms with Crippen molar-refractivity contribution in [2.24, 2.45) is 11.8 Å². The molecule has 0 aromatic heterocycles. The van der Waals surface area contributed by atoms with Gasteiger partial charge in [0.05, 0.1) is 0 Å². The molecule has 108 valence electrons. The van der Waals surface area contributed by atoms with Crippen molar-refractivity contribution in [1.82, 2.24) is 10.2 Å². The lowest BCUT2D eigenvalue weighted by Gasteiger charge is -2.41. The van der Waals surface area contributed by atoms with Gasteiger partial charge in [0.25, 0.3) is 0 Å². The minimum absolute atomic E-state index is 0.351. The van der Waals surface area contributed by atoms with Gasteiger partial charge in [-0.25, -0.2) is 0 Å². The molecule has 3 aliphatic rings. The summed E-state index contributed by atoms with van der Waals surface area (Å²) in [7, 11) is 0. The van der Waals surface area contributed by atoms with Gasteiger partial charge >= 0.3 is 0 Å². The quantitative estimate of drug-likeness (QED) is 0.844. The van der Waals surface area contributed by atoms with E-state index in [9.17, 15) is 0 Å². The van der Waals surface area contributed by atoms with Crippen molar-refractivity contribution in [3.05, 3.63) is 35.4 Å². The summed E-state index contributed by atoms with van der Waals surface area (Å²) in [4.78, 5) is 2.78. The van der Waals surface area contributed by atoms with Gasteiger partial charge in [-0.1, -0.05) is 38.1 Å². The van der Waals surface area contributed by atoms with Crippen LogP contribution in [0.3, 0.4) is 0 Å². The van der Waals surface area contributed by atoms with Crippen LogP contribution in [0.1, 0.15) is 43.9 Å². The maximum absolute atomic E-state index is 3.55. The van der Waals surface area contributed by atoms with Gasteiger partial charge in [0, 0.05) is 19.1 Å². The number of nitrogens with zero attached hydrogens (tertiary/aromatic N) is 1. The van der Waals surface area contributed by atoms with Gasteiger partial charge in [-0.15, -0.1) is 0 Å². The molecule has 1 unspecified atom stereocenters. The van der Waals surface area contributed by atoms with E-state index in [1.54, 1.807) is 11.1 Å². The highest BCUT2D eigenvalue weighted by Gasteiger charge is 2.42. The van der Waals surface area contributed by atoms with Crippen molar-refractivity contribution in [3.8, 4) is 0 Å². The number of hydrogen-bond donors (Lipinski definition) is 1. The summed E-state index contributed by atoms with van der Waals surface area (Å²) in [6.45, 7) is 9.89. The van der Waals surface area contributed by atoms with Crippen LogP contribution >= 0.6 is 0 Å². The third kappa shape index (κ3) is 1.93. The summed E-state index contributed by atoms with van der Waals surface area (Å²) in [6, 6.07) is 9.86. The third-order valence-electron chi connectivity index (χ3n) is 5.95. The van der Waals surface area contributed by atoms with E-state index < -0.39 is 0 Å². The Morgan fingerprint density at radius 3 is 2.55 bits per heavy atom. The van der Waals surface area contributed by atoms with Gasteiger partial charge < -0.3 is 5.32 Å². The van der Waals surface area contributed by atoms with Crippen LogP contribution in [0.25, 0.3) is 0 Å². The Kier molecular flexibility index (Phi) is 2.94. The van der Waals surface area contributed by atoms with Crippen LogP contribution in [0.2, 0.25) is 0 Å². The van der Waals surface area contributed by atoms with Crippen LogP contribution < -0.4 is 5.32 Å². The number of nitrogens with one attached hydrogen (secondary N) is 1. The second-order valence-electron chi connectivity index (χ2n) is 7.66. The highest BCUT2D eigenvalue weighted by Crippen LogP contribution is 2.45. The summed E-state index contributed by atoms with van der Waals surface area (Å²) in [5, 5.41) is 3.55. The minimum atomic E-state index is 0.351. The van der Waals surface area contributed by atoms with Crippen molar-refractivity contribution in [3.63, 3.8) is 0 Å². The molecule has 1 aromatic rings. The second kappa shape index (κ2) is 4.57. The van der Waals surface area contributed by atoms with Crippen LogP contribution in [0.4, 0.5) is 0 Å². The average molecular weight is 270 g/mol. The molecule has 1 aliphatic carbocycles. The molecule has 0 radical (unpaired) electrons. The fraction of sp³-hybridized carbons (Fsp3) is 0.667. The van der Waals surface area contributed by atoms with Gasteiger partial charge in [-0.3, -0.25) is 4.90 Å². The zero-order valence-electron chi connectivity index (χ0n) is 12.7. The van der Waals surface area contributed by atoms with Gasteiger partial charge in [0.15, 0.2) is 0 Å². The van der Waals surface area contributed by atoms with E-state index in [0.717, 1.165) is 11.8 Å². The fourth-order valence-electron chi connectivity index (χ4n) is 4.72. The Bertz CT molecular complexity index is 496. The molecule has 1 aromatic carbocycles. The average Bonchev–Trinajstić information content (AvgIpc) is 3.00. The van der Waals surface area contributed by atoms with Gasteiger partial charge in [-0.2, -0.15) is 0 Å². The molecule has 0 bridgehead atoms. The van der Waals surface area contributed by atoms with Crippen molar-refractivity contribution in [1.29, 1.82) is 0 Å². The minimum Gasteiger partial charge on any atom is -0.316 e.